The number of hydrogen-bond acceptors (Lipinski definition) is 5. The average molecular weight is 446 g/mol. The average Bonchev–Trinajstić information content (AvgIpc) is 3.19. The number of carbonyl (C=O) groups excluding carboxylic acids is 1. The summed E-state index contributed by atoms with van der Waals surface area (Å²) in [6, 6.07) is 18.3. The lowest BCUT2D eigenvalue weighted by atomic mass is 10.0. The number of fused-ring (bicyclic) bond motifs is 1. The fourth-order valence-electron chi connectivity index (χ4n) is 3.59. The number of nitrogens with zero attached hydrogens (tertiary/aromatic N) is 4. The summed E-state index contributed by atoms with van der Waals surface area (Å²) >= 11 is 1.31. The zero-order valence-corrected chi connectivity index (χ0v) is 19.6. The van der Waals surface area contributed by atoms with Crippen LogP contribution in [0.5, 0.6) is 0 Å². The van der Waals surface area contributed by atoms with Gasteiger partial charge in [0.05, 0.1) is 5.75 Å². The molecule has 6 nitrogen and oxygen atoms in total. The molecular weight excluding hydrogens is 418 g/mol. The van der Waals surface area contributed by atoms with E-state index >= 15 is 0 Å². The highest BCUT2D eigenvalue weighted by molar-refractivity contribution is 7.99. The molecule has 4 aromatic rings. The highest BCUT2D eigenvalue weighted by atomic mass is 32.2. The van der Waals surface area contributed by atoms with Gasteiger partial charge in [0, 0.05) is 23.5 Å². The Hall–Kier alpha value is -3.19. The lowest BCUT2D eigenvalue weighted by Crippen LogP contribution is -2.14. The van der Waals surface area contributed by atoms with Crippen LogP contribution in [0.1, 0.15) is 47.8 Å². The number of aromatic nitrogens is 4. The van der Waals surface area contributed by atoms with Gasteiger partial charge in [-0.05, 0) is 48.6 Å². The summed E-state index contributed by atoms with van der Waals surface area (Å²) in [5.74, 6) is 1.17. The molecule has 164 valence electrons. The van der Waals surface area contributed by atoms with Crippen LogP contribution in [0.25, 0.3) is 5.78 Å². The van der Waals surface area contributed by atoms with Crippen LogP contribution < -0.4 is 5.32 Å². The predicted octanol–water partition coefficient (Wildman–Crippen LogP) is 5.19. The number of benzene rings is 2. The number of carbonyl (C=O) groups is 1. The van der Waals surface area contributed by atoms with Crippen LogP contribution in [-0.2, 0) is 11.2 Å². The van der Waals surface area contributed by atoms with E-state index in [4.69, 9.17) is 0 Å². The van der Waals surface area contributed by atoms with Crippen molar-refractivity contribution in [1.82, 2.24) is 19.6 Å². The van der Waals surface area contributed by atoms with E-state index in [0.29, 0.717) is 16.9 Å². The maximum Gasteiger partial charge on any atom is 0.253 e. The molecule has 7 heteroatoms. The van der Waals surface area contributed by atoms with Crippen molar-refractivity contribution in [3.05, 3.63) is 82.7 Å². The first-order valence-electron chi connectivity index (χ1n) is 10.7. The molecule has 0 aliphatic carbocycles. The molecule has 0 saturated heterocycles. The van der Waals surface area contributed by atoms with E-state index in [9.17, 15) is 4.79 Å². The third-order valence-corrected chi connectivity index (χ3v) is 6.28. The molecule has 0 bridgehead atoms. The summed E-state index contributed by atoms with van der Waals surface area (Å²) in [7, 11) is 0. The van der Waals surface area contributed by atoms with Crippen molar-refractivity contribution in [3.63, 3.8) is 0 Å². The summed E-state index contributed by atoms with van der Waals surface area (Å²) in [5, 5.41) is 8.07. The first kappa shape index (κ1) is 22.0. The number of rotatable bonds is 7. The van der Waals surface area contributed by atoms with E-state index < -0.39 is 0 Å². The fourth-order valence-corrected chi connectivity index (χ4v) is 4.20. The largest absolute Gasteiger partial charge is 0.325 e. The van der Waals surface area contributed by atoms with Crippen LogP contribution in [0.15, 0.2) is 59.8 Å². The predicted molar refractivity (Wildman–Crippen MR) is 129 cm³/mol. The van der Waals surface area contributed by atoms with Crippen LogP contribution in [0.2, 0.25) is 0 Å². The molecule has 0 atom stereocenters. The van der Waals surface area contributed by atoms with Gasteiger partial charge in [0.2, 0.25) is 11.1 Å². The molecule has 0 aliphatic heterocycles. The topological polar surface area (TPSA) is 72.2 Å². The second kappa shape index (κ2) is 9.53. The Morgan fingerprint density at radius 2 is 1.75 bits per heavy atom. The van der Waals surface area contributed by atoms with E-state index in [1.807, 2.05) is 56.3 Å². The Morgan fingerprint density at radius 3 is 2.44 bits per heavy atom. The molecule has 0 unspecified atom stereocenters. The van der Waals surface area contributed by atoms with Crippen LogP contribution in [0, 0.1) is 13.8 Å². The maximum atomic E-state index is 12.4. The lowest BCUT2D eigenvalue weighted by Gasteiger charge is -2.10. The third kappa shape index (κ3) is 4.99. The van der Waals surface area contributed by atoms with Gasteiger partial charge in [-0.25, -0.2) is 9.50 Å². The van der Waals surface area contributed by atoms with Gasteiger partial charge in [-0.15, -0.1) is 5.10 Å². The van der Waals surface area contributed by atoms with Crippen LogP contribution in [-0.4, -0.2) is 31.2 Å². The van der Waals surface area contributed by atoms with Gasteiger partial charge in [0.25, 0.3) is 5.78 Å². The minimum absolute atomic E-state index is 0.0863. The second-order valence-electron chi connectivity index (χ2n) is 8.14. The zero-order chi connectivity index (χ0) is 22.7. The molecule has 1 N–H and O–H groups in total. The van der Waals surface area contributed by atoms with Crippen molar-refractivity contribution in [3.8, 4) is 0 Å². The molecule has 0 spiro atoms. The van der Waals surface area contributed by atoms with Crippen molar-refractivity contribution in [2.75, 3.05) is 11.1 Å². The Morgan fingerprint density at radius 1 is 1.03 bits per heavy atom. The van der Waals surface area contributed by atoms with Gasteiger partial charge >= 0.3 is 0 Å². The van der Waals surface area contributed by atoms with Crippen molar-refractivity contribution < 1.29 is 4.79 Å². The van der Waals surface area contributed by atoms with Gasteiger partial charge in [-0.3, -0.25) is 4.79 Å². The molecule has 0 aliphatic rings. The first-order valence-corrected chi connectivity index (χ1v) is 11.7. The number of nitrogens with one attached hydrogen (secondary N) is 1. The Balaban J connectivity index is 1.44. The normalized spacial score (nSPS) is 11.3. The monoisotopic (exact) mass is 445 g/mol. The first-order chi connectivity index (χ1) is 15.4. The SMILES string of the molecule is Cc1nc2nc(SCC(=O)Nc3ccc(C(C)C)cc3)nn2c(C)c1Cc1ccccc1. The van der Waals surface area contributed by atoms with Crippen LogP contribution in [0.4, 0.5) is 5.69 Å². The molecule has 2 aromatic carbocycles. The molecule has 0 saturated carbocycles. The smallest absolute Gasteiger partial charge is 0.253 e. The standard InChI is InChI=1S/C25H27N5OS/c1-16(2)20-10-12-21(13-11-20)27-23(31)15-32-25-28-24-26-17(3)22(18(4)30(24)29-25)14-19-8-6-5-7-9-19/h5-13,16H,14-15H2,1-4H3,(H,27,31). The van der Waals surface area contributed by atoms with E-state index in [2.05, 4.69) is 46.4 Å². The Bertz CT molecular complexity index is 1230. The lowest BCUT2D eigenvalue weighted by molar-refractivity contribution is -0.113. The van der Waals surface area contributed by atoms with Crippen LogP contribution in [0.3, 0.4) is 0 Å². The number of anilines is 1. The van der Waals surface area contributed by atoms with Gasteiger partial charge in [-0.2, -0.15) is 4.98 Å². The van der Waals surface area contributed by atoms with Gasteiger partial charge in [0.15, 0.2) is 0 Å². The Labute approximate surface area is 192 Å². The second-order valence-corrected chi connectivity index (χ2v) is 9.09. The van der Waals surface area contributed by atoms with E-state index in [0.717, 1.165) is 29.1 Å². The van der Waals surface area contributed by atoms with Crippen molar-refractivity contribution in [2.45, 2.75) is 45.2 Å². The molecule has 2 heterocycles. The molecule has 32 heavy (non-hydrogen) atoms. The highest BCUT2D eigenvalue weighted by Crippen LogP contribution is 2.21. The molecule has 1 amide bonds. The summed E-state index contributed by atoms with van der Waals surface area (Å²) in [4.78, 5) is 21.6. The zero-order valence-electron chi connectivity index (χ0n) is 18.8. The maximum absolute atomic E-state index is 12.4. The summed E-state index contributed by atoms with van der Waals surface area (Å²) in [6.07, 6.45) is 0.793. The summed E-state index contributed by atoms with van der Waals surface area (Å²) < 4.78 is 1.77. The van der Waals surface area contributed by atoms with Crippen molar-refractivity contribution >= 4 is 29.1 Å². The van der Waals surface area contributed by atoms with Gasteiger partial charge < -0.3 is 5.32 Å². The highest BCUT2D eigenvalue weighted by Gasteiger charge is 2.15. The summed E-state index contributed by atoms with van der Waals surface area (Å²) in [6.45, 7) is 8.34. The molecule has 2 aromatic heterocycles. The van der Waals surface area contributed by atoms with Crippen molar-refractivity contribution in [1.29, 1.82) is 0 Å². The number of thioether (sulfide) groups is 1. The summed E-state index contributed by atoms with van der Waals surface area (Å²) in [5.41, 5.74) is 6.38. The number of hydrogen-bond donors (Lipinski definition) is 1. The number of aryl methyl sites for hydroxylation is 2. The minimum Gasteiger partial charge on any atom is -0.325 e. The van der Waals surface area contributed by atoms with E-state index in [1.54, 1.807) is 4.52 Å². The van der Waals surface area contributed by atoms with Gasteiger partial charge in [0.1, 0.15) is 0 Å². The molecule has 4 rings (SSSR count). The van der Waals surface area contributed by atoms with E-state index in [-0.39, 0.29) is 11.7 Å². The minimum atomic E-state index is -0.0863. The molecular formula is C25H27N5OS. The quantitative estimate of drug-likeness (QED) is 0.397. The molecule has 0 fully saturated rings. The third-order valence-electron chi connectivity index (χ3n) is 5.45. The Kier molecular flexibility index (Phi) is 6.55. The fraction of sp³-hybridized carbons (Fsp3) is 0.280. The molecule has 0 radical (unpaired) electrons. The van der Waals surface area contributed by atoms with E-state index in [1.165, 1.54) is 22.9 Å². The van der Waals surface area contributed by atoms with Gasteiger partial charge in [-0.1, -0.05) is 68.1 Å². The van der Waals surface area contributed by atoms with Crippen molar-refractivity contribution in [2.24, 2.45) is 0 Å². The number of amides is 1. The van der Waals surface area contributed by atoms with Crippen LogP contribution >= 0.6 is 11.8 Å².